The van der Waals surface area contributed by atoms with E-state index in [1.807, 2.05) is 0 Å². The molecule has 0 bridgehead atoms. The molecule has 1 N–H and O–H groups in total. The second kappa shape index (κ2) is 4.77. The summed E-state index contributed by atoms with van der Waals surface area (Å²) < 4.78 is 5.54. The van der Waals surface area contributed by atoms with E-state index >= 15 is 0 Å². The standard InChI is InChI=1S/C14H17N3O3/c1-2-14(7-4-8-14)9-15-13-16-12-10(17(18)19)5-3-6-11(12)20-13/h3,5-6H,2,4,7-9H2,1H3,(H,15,16). The van der Waals surface area contributed by atoms with Crippen LogP contribution in [0.5, 0.6) is 0 Å². The fourth-order valence-electron chi connectivity index (χ4n) is 2.75. The number of benzene rings is 1. The second-order valence-electron chi connectivity index (χ2n) is 5.46. The normalized spacial score (nSPS) is 16.9. The Morgan fingerprint density at radius 1 is 1.50 bits per heavy atom. The number of hydrogen-bond donors (Lipinski definition) is 1. The first kappa shape index (κ1) is 12.9. The Morgan fingerprint density at radius 2 is 2.30 bits per heavy atom. The lowest BCUT2D eigenvalue weighted by Gasteiger charge is -2.41. The maximum Gasteiger partial charge on any atom is 0.298 e. The van der Waals surface area contributed by atoms with Crippen molar-refractivity contribution in [1.29, 1.82) is 0 Å². The monoisotopic (exact) mass is 275 g/mol. The molecule has 1 heterocycles. The van der Waals surface area contributed by atoms with Gasteiger partial charge in [-0.15, -0.1) is 0 Å². The van der Waals surface area contributed by atoms with Gasteiger partial charge in [0, 0.05) is 12.6 Å². The van der Waals surface area contributed by atoms with Gasteiger partial charge in [-0.25, -0.2) is 0 Å². The number of non-ortho nitro benzene ring substituents is 1. The third-order valence-electron chi connectivity index (χ3n) is 4.37. The first-order chi connectivity index (χ1) is 9.63. The van der Waals surface area contributed by atoms with Crippen LogP contribution in [0, 0.1) is 15.5 Å². The Balaban J connectivity index is 1.82. The van der Waals surface area contributed by atoms with Crippen molar-refractivity contribution in [3.63, 3.8) is 0 Å². The summed E-state index contributed by atoms with van der Waals surface area (Å²) in [4.78, 5) is 14.7. The minimum absolute atomic E-state index is 0.0202. The van der Waals surface area contributed by atoms with Gasteiger partial charge in [-0.2, -0.15) is 4.98 Å². The van der Waals surface area contributed by atoms with Gasteiger partial charge in [0.25, 0.3) is 11.7 Å². The molecule has 1 aromatic carbocycles. The van der Waals surface area contributed by atoms with E-state index < -0.39 is 4.92 Å². The van der Waals surface area contributed by atoms with Gasteiger partial charge in [-0.3, -0.25) is 10.1 Å². The third-order valence-corrected chi connectivity index (χ3v) is 4.37. The number of anilines is 1. The van der Waals surface area contributed by atoms with Crippen LogP contribution in [0.4, 0.5) is 11.7 Å². The molecule has 0 unspecified atom stereocenters. The van der Waals surface area contributed by atoms with Crippen LogP contribution in [-0.4, -0.2) is 16.5 Å². The number of oxazole rings is 1. The molecule has 3 rings (SSSR count). The number of nitrogens with one attached hydrogen (secondary N) is 1. The summed E-state index contributed by atoms with van der Waals surface area (Å²) in [6.45, 7) is 3.00. The van der Waals surface area contributed by atoms with E-state index in [1.165, 1.54) is 25.3 Å². The average molecular weight is 275 g/mol. The van der Waals surface area contributed by atoms with Crippen LogP contribution in [-0.2, 0) is 0 Å². The van der Waals surface area contributed by atoms with Gasteiger partial charge >= 0.3 is 0 Å². The Labute approximate surface area is 116 Å². The second-order valence-corrected chi connectivity index (χ2v) is 5.46. The molecule has 0 amide bonds. The molecule has 0 aliphatic heterocycles. The van der Waals surface area contributed by atoms with Crippen LogP contribution in [0.3, 0.4) is 0 Å². The van der Waals surface area contributed by atoms with Crippen molar-refractivity contribution in [1.82, 2.24) is 4.98 Å². The molecule has 6 heteroatoms. The number of aromatic nitrogens is 1. The number of nitrogens with zero attached hydrogens (tertiary/aromatic N) is 2. The zero-order chi connectivity index (χ0) is 14.2. The van der Waals surface area contributed by atoms with E-state index in [9.17, 15) is 10.1 Å². The maximum absolute atomic E-state index is 10.9. The molecule has 0 spiro atoms. The minimum Gasteiger partial charge on any atom is -0.423 e. The van der Waals surface area contributed by atoms with Gasteiger partial charge in [-0.05, 0) is 30.7 Å². The molecule has 6 nitrogen and oxygen atoms in total. The molecule has 1 aliphatic carbocycles. The maximum atomic E-state index is 10.9. The number of rotatable bonds is 5. The van der Waals surface area contributed by atoms with Gasteiger partial charge in [0.05, 0.1) is 4.92 Å². The lowest BCUT2D eigenvalue weighted by Crippen LogP contribution is -2.35. The van der Waals surface area contributed by atoms with Crippen molar-refractivity contribution in [3.05, 3.63) is 28.3 Å². The molecule has 20 heavy (non-hydrogen) atoms. The van der Waals surface area contributed by atoms with E-state index in [2.05, 4.69) is 17.2 Å². The molecule has 1 aromatic heterocycles. The average Bonchev–Trinajstić information content (AvgIpc) is 2.80. The summed E-state index contributed by atoms with van der Waals surface area (Å²) >= 11 is 0. The number of nitro benzene ring substituents is 1. The molecule has 1 saturated carbocycles. The fourth-order valence-corrected chi connectivity index (χ4v) is 2.75. The summed E-state index contributed by atoms with van der Waals surface area (Å²) in [5, 5.41) is 14.1. The molecule has 1 aliphatic rings. The van der Waals surface area contributed by atoms with Gasteiger partial charge in [0.1, 0.15) is 0 Å². The quantitative estimate of drug-likeness (QED) is 0.664. The van der Waals surface area contributed by atoms with E-state index in [1.54, 1.807) is 12.1 Å². The van der Waals surface area contributed by atoms with E-state index in [0.29, 0.717) is 22.5 Å². The lowest BCUT2D eigenvalue weighted by molar-refractivity contribution is -0.383. The van der Waals surface area contributed by atoms with Crippen molar-refractivity contribution in [3.8, 4) is 0 Å². The van der Waals surface area contributed by atoms with Crippen molar-refractivity contribution < 1.29 is 9.34 Å². The van der Waals surface area contributed by atoms with Crippen molar-refractivity contribution in [2.75, 3.05) is 11.9 Å². The van der Waals surface area contributed by atoms with Crippen LogP contribution in [0.1, 0.15) is 32.6 Å². The van der Waals surface area contributed by atoms with Crippen LogP contribution in [0.15, 0.2) is 22.6 Å². The van der Waals surface area contributed by atoms with Crippen molar-refractivity contribution in [2.24, 2.45) is 5.41 Å². The zero-order valence-electron chi connectivity index (χ0n) is 11.4. The molecule has 0 atom stereocenters. The summed E-state index contributed by atoms with van der Waals surface area (Å²) in [6.07, 6.45) is 4.84. The van der Waals surface area contributed by atoms with Crippen molar-refractivity contribution in [2.45, 2.75) is 32.6 Å². The fraction of sp³-hybridized carbons (Fsp3) is 0.500. The highest BCUT2D eigenvalue weighted by Gasteiger charge is 2.35. The molecule has 0 radical (unpaired) electrons. The number of para-hydroxylation sites is 1. The first-order valence-corrected chi connectivity index (χ1v) is 6.91. The highest BCUT2D eigenvalue weighted by atomic mass is 16.6. The largest absolute Gasteiger partial charge is 0.423 e. The highest BCUT2D eigenvalue weighted by Crippen LogP contribution is 2.43. The molecule has 106 valence electrons. The van der Waals surface area contributed by atoms with Gasteiger partial charge in [0.15, 0.2) is 11.1 Å². The van der Waals surface area contributed by atoms with Crippen LogP contribution in [0.25, 0.3) is 11.1 Å². The Bertz CT molecular complexity index is 641. The van der Waals surface area contributed by atoms with Crippen LogP contribution in [0.2, 0.25) is 0 Å². The highest BCUT2D eigenvalue weighted by molar-refractivity contribution is 5.83. The lowest BCUT2D eigenvalue weighted by atomic mass is 9.67. The zero-order valence-corrected chi connectivity index (χ0v) is 11.4. The third kappa shape index (κ3) is 2.11. The van der Waals surface area contributed by atoms with Gasteiger partial charge in [-0.1, -0.05) is 19.4 Å². The Hall–Kier alpha value is -2.11. The summed E-state index contributed by atoms with van der Waals surface area (Å²) in [5.41, 5.74) is 1.07. The molecule has 0 saturated heterocycles. The SMILES string of the molecule is CCC1(CNc2nc3c([N+](=O)[O-])cccc3o2)CCC1. The smallest absolute Gasteiger partial charge is 0.298 e. The molecular weight excluding hydrogens is 258 g/mol. The van der Waals surface area contributed by atoms with E-state index in [4.69, 9.17) is 4.42 Å². The number of fused-ring (bicyclic) bond motifs is 1. The topological polar surface area (TPSA) is 81.2 Å². The molecular formula is C14H17N3O3. The Kier molecular flexibility index (Phi) is 3.08. The predicted octanol–water partition coefficient (Wildman–Crippen LogP) is 3.73. The predicted molar refractivity (Wildman–Crippen MR) is 75.7 cm³/mol. The minimum atomic E-state index is -0.436. The first-order valence-electron chi connectivity index (χ1n) is 6.91. The van der Waals surface area contributed by atoms with Gasteiger partial charge in [0.2, 0.25) is 0 Å². The molecule has 1 fully saturated rings. The van der Waals surface area contributed by atoms with E-state index in [-0.39, 0.29) is 5.69 Å². The van der Waals surface area contributed by atoms with E-state index in [0.717, 1.165) is 13.0 Å². The van der Waals surface area contributed by atoms with Crippen molar-refractivity contribution >= 4 is 22.8 Å². The summed E-state index contributed by atoms with van der Waals surface area (Å²) in [5.74, 6) is 0. The number of hydrogen-bond acceptors (Lipinski definition) is 5. The summed E-state index contributed by atoms with van der Waals surface area (Å²) in [7, 11) is 0. The summed E-state index contributed by atoms with van der Waals surface area (Å²) in [6, 6.07) is 5.11. The Morgan fingerprint density at radius 3 is 2.90 bits per heavy atom. The molecule has 2 aromatic rings. The number of nitro groups is 1. The van der Waals surface area contributed by atoms with Crippen LogP contribution < -0.4 is 5.32 Å². The van der Waals surface area contributed by atoms with Crippen LogP contribution >= 0.6 is 0 Å². The van der Waals surface area contributed by atoms with Gasteiger partial charge < -0.3 is 9.73 Å².